The fourth-order valence-electron chi connectivity index (χ4n) is 12.5. The molecule has 0 unspecified atom stereocenters. The minimum atomic E-state index is -0.00249. The Labute approximate surface area is 375 Å². The Morgan fingerprint density at radius 1 is 0.292 bits per heavy atom. The van der Waals surface area contributed by atoms with Crippen LogP contribution in [0, 0.1) is 0 Å². The highest BCUT2D eigenvalue weighted by molar-refractivity contribution is 7.00. The Kier molecular flexibility index (Phi) is 6.40. The molecule has 296 valence electrons. The second-order valence-corrected chi connectivity index (χ2v) is 18.4. The molecule has 13 aromatic rings. The van der Waals surface area contributed by atoms with Gasteiger partial charge in [0.05, 0.1) is 16.6 Å². The second kappa shape index (κ2) is 12.2. The Morgan fingerprint density at radius 2 is 0.877 bits per heavy atom. The van der Waals surface area contributed by atoms with Crippen molar-refractivity contribution in [2.45, 2.75) is 0 Å². The van der Waals surface area contributed by atoms with Crippen molar-refractivity contribution >= 4 is 88.3 Å². The van der Waals surface area contributed by atoms with Crippen molar-refractivity contribution < 1.29 is 0 Å². The van der Waals surface area contributed by atoms with Gasteiger partial charge in [-0.2, -0.15) is 0 Å². The van der Waals surface area contributed by atoms with Crippen LogP contribution in [-0.4, -0.2) is 15.8 Å². The monoisotopic (exact) mass is 818 g/mol. The molecule has 0 saturated carbocycles. The van der Waals surface area contributed by atoms with Gasteiger partial charge in [-0.05, 0) is 136 Å². The topological polar surface area (TPSA) is 9.86 Å². The van der Waals surface area contributed by atoms with Crippen LogP contribution in [0.15, 0.2) is 212 Å². The third-order valence-electron chi connectivity index (χ3n) is 15.2. The van der Waals surface area contributed by atoms with E-state index in [0.29, 0.717) is 0 Å². The van der Waals surface area contributed by atoms with E-state index in [1.165, 1.54) is 149 Å². The lowest BCUT2D eigenvalue weighted by Crippen LogP contribution is -2.59. The predicted octanol–water partition coefficient (Wildman–Crippen LogP) is 14.0. The summed E-state index contributed by atoms with van der Waals surface area (Å²) < 4.78 is 5.29. The maximum Gasteiger partial charge on any atom is 0.252 e. The van der Waals surface area contributed by atoms with Crippen LogP contribution in [0.3, 0.4) is 0 Å². The molecule has 16 rings (SSSR count). The van der Waals surface area contributed by atoms with E-state index in [4.69, 9.17) is 0 Å². The normalized spacial score (nSPS) is 12.9. The largest absolute Gasteiger partial charge is 0.310 e. The van der Waals surface area contributed by atoms with E-state index in [1.807, 2.05) is 0 Å². The van der Waals surface area contributed by atoms with E-state index in [0.717, 1.165) is 0 Å². The predicted molar refractivity (Wildman–Crippen MR) is 276 cm³/mol. The Hall–Kier alpha value is -8.40. The van der Waals surface area contributed by atoms with Crippen molar-refractivity contribution in [1.82, 2.24) is 9.13 Å². The Balaban J connectivity index is 1.11. The second-order valence-electron chi connectivity index (χ2n) is 18.4. The number of aromatic nitrogens is 2. The van der Waals surface area contributed by atoms with E-state index in [2.05, 4.69) is 221 Å². The van der Waals surface area contributed by atoms with E-state index in [1.54, 1.807) is 0 Å². The summed E-state index contributed by atoms with van der Waals surface area (Å²) in [5.74, 6) is 0. The molecule has 0 fully saturated rings. The summed E-state index contributed by atoms with van der Waals surface area (Å²) in [4.78, 5) is 0. The van der Waals surface area contributed by atoms with Crippen molar-refractivity contribution in [3.63, 3.8) is 0 Å². The van der Waals surface area contributed by atoms with Crippen LogP contribution in [0.5, 0.6) is 0 Å². The third-order valence-corrected chi connectivity index (χ3v) is 15.2. The van der Waals surface area contributed by atoms with Crippen LogP contribution in [0.4, 0.5) is 0 Å². The first-order valence-corrected chi connectivity index (χ1v) is 22.8. The van der Waals surface area contributed by atoms with E-state index in [9.17, 15) is 0 Å². The average molecular weight is 819 g/mol. The van der Waals surface area contributed by atoms with E-state index in [-0.39, 0.29) is 6.71 Å². The van der Waals surface area contributed by atoms with Gasteiger partial charge in [-0.1, -0.05) is 170 Å². The van der Waals surface area contributed by atoms with Gasteiger partial charge >= 0.3 is 0 Å². The summed E-state index contributed by atoms with van der Waals surface area (Å²) >= 11 is 0. The fourth-order valence-corrected chi connectivity index (χ4v) is 12.5. The maximum absolute atomic E-state index is 2.66. The molecule has 3 aliphatic rings. The number of hydrogen-bond acceptors (Lipinski definition) is 0. The van der Waals surface area contributed by atoms with Crippen LogP contribution >= 0.6 is 0 Å². The van der Waals surface area contributed by atoms with Crippen molar-refractivity contribution in [3.8, 4) is 67.0 Å². The molecule has 0 atom stereocenters. The van der Waals surface area contributed by atoms with Gasteiger partial charge in [0.1, 0.15) is 0 Å². The molecule has 2 aliphatic heterocycles. The highest BCUT2D eigenvalue weighted by Crippen LogP contribution is 2.51. The zero-order chi connectivity index (χ0) is 42.1. The molecule has 3 heteroatoms. The molecule has 2 nitrogen and oxygen atoms in total. The molecule has 0 amide bonds. The van der Waals surface area contributed by atoms with Crippen LogP contribution in [0.1, 0.15) is 0 Å². The molecule has 11 aromatic carbocycles. The molecular weight excluding hydrogens is 784 g/mol. The lowest BCUT2D eigenvalue weighted by atomic mass is 9.34. The van der Waals surface area contributed by atoms with Crippen LogP contribution < -0.4 is 16.4 Å². The maximum atomic E-state index is 2.66. The molecule has 65 heavy (non-hydrogen) atoms. The van der Waals surface area contributed by atoms with E-state index >= 15 is 0 Å². The van der Waals surface area contributed by atoms with Gasteiger partial charge in [-0.3, -0.25) is 0 Å². The molecule has 0 bridgehead atoms. The Bertz CT molecular complexity index is 4290. The molecule has 0 N–H and O–H groups in total. The number of hydrogen-bond donors (Lipinski definition) is 0. The van der Waals surface area contributed by atoms with Crippen LogP contribution in [-0.2, 0) is 0 Å². The minimum absolute atomic E-state index is 0.00249. The Morgan fingerprint density at radius 3 is 1.68 bits per heavy atom. The summed E-state index contributed by atoms with van der Waals surface area (Å²) in [6.45, 7) is -0.00249. The summed E-state index contributed by atoms with van der Waals surface area (Å²) in [7, 11) is 0. The first-order valence-electron chi connectivity index (χ1n) is 22.8. The van der Waals surface area contributed by atoms with Gasteiger partial charge in [-0.15, -0.1) is 0 Å². The zero-order valence-electron chi connectivity index (χ0n) is 35.2. The lowest BCUT2D eigenvalue weighted by Gasteiger charge is -2.34. The minimum Gasteiger partial charge on any atom is -0.310 e. The van der Waals surface area contributed by atoms with Gasteiger partial charge in [0.2, 0.25) is 0 Å². The molecule has 0 spiro atoms. The van der Waals surface area contributed by atoms with Gasteiger partial charge in [0.15, 0.2) is 0 Å². The molecule has 4 heterocycles. The highest BCUT2D eigenvalue weighted by Gasteiger charge is 2.42. The van der Waals surface area contributed by atoms with Gasteiger partial charge in [0, 0.05) is 38.4 Å². The van der Waals surface area contributed by atoms with Crippen LogP contribution in [0.2, 0.25) is 0 Å². The van der Waals surface area contributed by atoms with Gasteiger partial charge in [-0.25, -0.2) is 0 Å². The summed E-state index contributed by atoms with van der Waals surface area (Å²) in [5.41, 5.74) is 24.3. The lowest BCUT2D eigenvalue weighted by molar-refractivity contribution is 1.14. The quantitative estimate of drug-likeness (QED) is 0.157. The van der Waals surface area contributed by atoms with Crippen molar-refractivity contribution in [1.29, 1.82) is 0 Å². The van der Waals surface area contributed by atoms with Gasteiger partial charge in [0.25, 0.3) is 6.71 Å². The molecule has 1 aliphatic carbocycles. The van der Waals surface area contributed by atoms with Crippen molar-refractivity contribution in [3.05, 3.63) is 212 Å². The van der Waals surface area contributed by atoms with Gasteiger partial charge < -0.3 is 9.13 Å². The highest BCUT2D eigenvalue weighted by atomic mass is 15.0. The van der Waals surface area contributed by atoms with Crippen molar-refractivity contribution in [2.75, 3.05) is 0 Å². The standard InChI is InChI=1S/C62H35BN2/c1-3-12-36(13-4-1)42-25-28-53-49(31-42)50-32-43(37-14-5-2-6-15-37)33-52-61(50)64(53)55-34-44(41-23-22-38-16-7-8-17-40(38)30-41)35-56-60(55)63(52)51-27-26-48-46-20-10-9-19-45(46)47-21-11-18-39-24-29-54-59(57(39)47)58(48)62(51)65(54)56/h1-35H. The summed E-state index contributed by atoms with van der Waals surface area (Å²) in [6.07, 6.45) is 0. The molecule has 0 radical (unpaired) electrons. The smallest absolute Gasteiger partial charge is 0.252 e. The van der Waals surface area contributed by atoms with E-state index < -0.39 is 0 Å². The zero-order valence-corrected chi connectivity index (χ0v) is 35.2. The first kappa shape index (κ1) is 34.1. The summed E-state index contributed by atoms with van der Waals surface area (Å²) in [6, 6.07) is 80.3. The first-order chi connectivity index (χ1) is 32.2. The van der Waals surface area contributed by atoms with Crippen molar-refractivity contribution in [2.24, 2.45) is 0 Å². The number of rotatable bonds is 3. The van der Waals surface area contributed by atoms with Crippen LogP contribution in [0.25, 0.3) is 132 Å². The molecular formula is C62H35BN2. The molecule has 2 aromatic heterocycles. The average Bonchev–Trinajstić information content (AvgIpc) is 3.86. The fraction of sp³-hybridized carbons (Fsp3) is 0. The number of nitrogens with zero attached hydrogens (tertiary/aromatic N) is 2. The summed E-state index contributed by atoms with van der Waals surface area (Å²) in [5, 5.41) is 10.4. The third kappa shape index (κ3) is 4.35. The number of benzene rings is 11. The SMILES string of the molecule is c1ccc(-c2ccc3c(c2)c2cc(-c4ccccc4)cc4c2n3-c2cc(-c3ccc5ccccc5c3)cc3c2B4c2ccc4c5c6c7c(cccc7ccc6n-3c25)-c2ccccc2-4)cc1. The number of fused-ring (bicyclic) bond motifs is 12. The molecule has 0 saturated heterocycles.